The van der Waals surface area contributed by atoms with Gasteiger partial charge in [0.1, 0.15) is 6.07 Å². The van der Waals surface area contributed by atoms with Crippen molar-refractivity contribution in [1.82, 2.24) is 9.88 Å². The molecule has 0 saturated carbocycles. The summed E-state index contributed by atoms with van der Waals surface area (Å²) in [6.07, 6.45) is 2.23. The molecule has 0 saturated heterocycles. The highest BCUT2D eigenvalue weighted by Crippen LogP contribution is 2.27. The van der Waals surface area contributed by atoms with Crippen LogP contribution in [0.3, 0.4) is 0 Å². The molecule has 2 aromatic rings. The number of halogens is 1. The molecule has 1 heterocycles. The summed E-state index contributed by atoms with van der Waals surface area (Å²) < 4.78 is 6.14. The van der Waals surface area contributed by atoms with Crippen LogP contribution in [-0.4, -0.2) is 30.1 Å². The molecular formula is C17H17ClN4O3. The highest BCUT2D eigenvalue weighted by molar-refractivity contribution is 6.34. The average Bonchev–Trinajstić information content (AvgIpc) is 2.95. The Morgan fingerprint density at radius 1 is 1.44 bits per heavy atom. The van der Waals surface area contributed by atoms with Gasteiger partial charge in [-0.15, -0.1) is 0 Å². The first-order valence-corrected chi connectivity index (χ1v) is 7.89. The molecule has 2 rings (SSSR count). The largest absolute Gasteiger partial charge is 0.464 e. The first kappa shape index (κ1) is 18.4. The summed E-state index contributed by atoms with van der Waals surface area (Å²) in [6, 6.07) is 6.60. The molecule has 130 valence electrons. The molecule has 0 radical (unpaired) electrons. The number of rotatable bonds is 5. The lowest BCUT2D eigenvalue weighted by molar-refractivity contribution is 0.0592. The molecule has 7 nitrogen and oxygen atoms in total. The van der Waals surface area contributed by atoms with Gasteiger partial charge in [-0.3, -0.25) is 4.79 Å². The second kappa shape index (κ2) is 7.73. The molecule has 0 spiro atoms. The van der Waals surface area contributed by atoms with Crippen molar-refractivity contribution in [3.63, 3.8) is 0 Å². The van der Waals surface area contributed by atoms with Gasteiger partial charge in [-0.1, -0.05) is 18.5 Å². The van der Waals surface area contributed by atoms with Crippen molar-refractivity contribution < 1.29 is 14.3 Å². The minimum atomic E-state index is -0.681. The predicted molar refractivity (Wildman–Crippen MR) is 93.9 cm³/mol. The van der Waals surface area contributed by atoms with E-state index in [9.17, 15) is 9.59 Å². The SMILES string of the molecule is CCCNC(=O)c1ccc(-n2cc(C#N)c(N)c2C(=O)OC)cc1Cl. The molecule has 0 unspecified atom stereocenters. The topological polar surface area (TPSA) is 110 Å². The van der Waals surface area contributed by atoms with E-state index < -0.39 is 5.97 Å². The van der Waals surface area contributed by atoms with Crippen LogP contribution >= 0.6 is 11.6 Å². The van der Waals surface area contributed by atoms with Crippen molar-refractivity contribution in [3.8, 4) is 11.8 Å². The third-order valence-corrected chi connectivity index (χ3v) is 3.87. The minimum Gasteiger partial charge on any atom is -0.464 e. The Kier molecular flexibility index (Phi) is 5.67. The molecule has 0 aliphatic heterocycles. The number of hydrogen-bond acceptors (Lipinski definition) is 5. The molecule has 0 aliphatic carbocycles. The summed E-state index contributed by atoms with van der Waals surface area (Å²) in [6.45, 7) is 2.49. The van der Waals surface area contributed by atoms with Crippen LogP contribution in [0.25, 0.3) is 5.69 Å². The normalized spacial score (nSPS) is 10.2. The van der Waals surface area contributed by atoms with E-state index in [4.69, 9.17) is 27.3 Å². The van der Waals surface area contributed by atoms with E-state index in [2.05, 4.69) is 5.32 Å². The quantitative estimate of drug-likeness (QED) is 0.796. The van der Waals surface area contributed by atoms with Crippen LogP contribution in [-0.2, 0) is 4.74 Å². The van der Waals surface area contributed by atoms with Crippen LogP contribution in [0.1, 0.15) is 39.8 Å². The van der Waals surface area contributed by atoms with Crippen LogP contribution in [0.4, 0.5) is 5.69 Å². The number of carbonyl (C=O) groups is 2. The van der Waals surface area contributed by atoms with E-state index in [1.165, 1.54) is 23.9 Å². The number of ether oxygens (including phenoxy) is 1. The fourth-order valence-corrected chi connectivity index (χ4v) is 2.55. The van der Waals surface area contributed by atoms with Crippen LogP contribution < -0.4 is 11.1 Å². The maximum Gasteiger partial charge on any atom is 0.357 e. The van der Waals surface area contributed by atoms with Gasteiger partial charge in [0.05, 0.1) is 28.9 Å². The van der Waals surface area contributed by atoms with Gasteiger partial charge in [-0.25, -0.2) is 4.79 Å². The van der Waals surface area contributed by atoms with Crippen molar-refractivity contribution >= 4 is 29.2 Å². The second-order valence-corrected chi connectivity index (χ2v) is 5.61. The van der Waals surface area contributed by atoms with E-state index in [1.807, 2.05) is 13.0 Å². The molecule has 0 bridgehead atoms. The summed E-state index contributed by atoms with van der Waals surface area (Å²) in [4.78, 5) is 24.1. The molecule has 0 atom stereocenters. The van der Waals surface area contributed by atoms with Crippen LogP contribution in [0.15, 0.2) is 24.4 Å². The Balaban J connectivity index is 2.50. The van der Waals surface area contributed by atoms with Crippen LogP contribution in [0, 0.1) is 11.3 Å². The lowest BCUT2D eigenvalue weighted by Gasteiger charge is -2.11. The molecule has 3 N–H and O–H groups in total. The molecule has 1 aromatic heterocycles. The maximum atomic E-state index is 12.1. The number of benzene rings is 1. The lowest BCUT2D eigenvalue weighted by atomic mass is 10.2. The zero-order chi connectivity index (χ0) is 18.6. The molecule has 25 heavy (non-hydrogen) atoms. The lowest BCUT2D eigenvalue weighted by Crippen LogP contribution is -2.24. The predicted octanol–water partition coefficient (Wildman–Crippen LogP) is 2.51. The molecule has 0 aliphatic rings. The zero-order valence-corrected chi connectivity index (χ0v) is 14.6. The highest BCUT2D eigenvalue weighted by Gasteiger charge is 2.22. The van der Waals surface area contributed by atoms with Crippen molar-refractivity contribution in [2.75, 3.05) is 19.4 Å². The first-order chi connectivity index (χ1) is 11.9. The highest BCUT2D eigenvalue weighted by atomic mass is 35.5. The number of aromatic nitrogens is 1. The Bertz CT molecular complexity index is 868. The number of amides is 1. The number of nitrogens with one attached hydrogen (secondary N) is 1. The molecule has 8 heteroatoms. The van der Waals surface area contributed by atoms with E-state index in [0.29, 0.717) is 17.8 Å². The minimum absolute atomic E-state index is 0.0234. The maximum absolute atomic E-state index is 12.1. The fraction of sp³-hybridized carbons (Fsp3) is 0.235. The molecule has 1 aromatic carbocycles. The number of esters is 1. The molecular weight excluding hydrogens is 344 g/mol. The first-order valence-electron chi connectivity index (χ1n) is 7.51. The van der Waals surface area contributed by atoms with Crippen molar-refractivity contribution in [3.05, 3.63) is 46.2 Å². The van der Waals surface area contributed by atoms with E-state index in [0.717, 1.165) is 6.42 Å². The standard InChI is InChI=1S/C17H17ClN4O3/c1-3-6-21-16(23)12-5-4-11(7-13(12)18)22-9-10(8-19)14(20)15(22)17(24)25-2/h4-5,7,9H,3,6,20H2,1-2H3,(H,21,23). The van der Waals surface area contributed by atoms with Crippen molar-refractivity contribution in [2.24, 2.45) is 0 Å². The summed E-state index contributed by atoms with van der Waals surface area (Å²) in [5.41, 5.74) is 6.84. The van der Waals surface area contributed by atoms with Gasteiger partial charge in [0, 0.05) is 18.4 Å². The number of nitrogen functional groups attached to an aromatic ring is 1. The average molecular weight is 361 g/mol. The van der Waals surface area contributed by atoms with Gasteiger partial charge in [0.25, 0.3) is 5.91 Å². The van der Waals surface area contributed by atoms with Gasteiger partial charge >= 0.3 is 5.97 Å². The van der Waals surface area contributed by atoms with Crippen LogP contribution in [0.2, 0.25) is 5.02 Å². The van der Waals surface area contributed by atoms with Crippen molar-refractivity contribution in [1.29, 1.82) is 5.26 Å². The van der Waals surface area contributed by atoms with Gasteiger partial charge in [-0.05, 0) is 24.6 Å². The van der Waals surface area contributed by atoms with Crippen LogP contribution in [0.5, 0.6) is 0 Å². The van der Waals surface area contributed by atoms with E-state index in [-0.39, 0.29) is 27.9 Å². The van der Waals surface area contributed by atoms with Gasteiger partial charge in [0.15, 0.2) is 5.69 Å². The Morgan fingerprint density at radius 2 is 2.16 bits per heavy atom. The third-order valence-electron chi connectivity index (χ3n) is 3.55. The smallest absolute Gasteiger partial charge is 0.357 e. The number of anilines is 1. The summed E-state index contributed by atoms with van der Waals surface area (Å²) in [5.74, 6) is -0.962. The van der Waals surface area contributed by atoms with Crippen molar-refractivity contribution in [2.45, 2.75) is 13.3 Å². The van der Waals surface area contributed by atoms with E-state index >= 15 is 0 Å². The molecule has 1 amide bonds. The number of methoxy groups -OCH3 is 1. The molecule has 0 fully saturated rings. The van der Waals surface area contributed by atoms with Gasteiger partial charge in [-0.2, -0.15) is 5.26 Å². The fourth-order valence-electron chi connectivity index (χ4n) is 2.29. The number of hydrogen-bond donors (Lipinski definition) is 2. The monoisotopic (exact) mass is 360 g/mol. The van der Waals surface area contributed by atoms with E-state index in [1.54, 1.807) is 12.1 Å². The summed E-state index contributed by atoms with van der Waals surface area (Å²) >= 11 is 6.21. The Hall–Kier alpha value is -2.98. The number of carbonyl (C=O) groups excluding carboxylic acids is 2. The summed E-state index contributed by atoms with van der Waals surface area (Å²) in [5, 5.41) is 12.1. The third kappa shape index (κ3) is 3.59. The Morgan fingerprint density at radius 3 is 2.72 bits per heavy atom. The van der Waals surface area contributed by atoms with Gasteiger partial charge in [0.2, 0.25) is 0 Å². The zero-order valence-electron chi connectivity index (χ0n) is 13.8. The summed E-state index contributed by atoms with van der Waals surface area (Å²) in [7, 11) is 1.22. The second-order valence-electron chi connectivity index (χ2n) is 5.20. The Labute approximate surface area is 149 Å². The number of nitrogens with zero attached hydrogens (tertiary/aromatic N) is 2. The number of nitriles is 1. The van der Waals surface area contributed by atoms with Gasteiger partial charge < -0.3 is 20.4 Å². The number of nitrogens with two attached hydrogens (primary N) is 1.